The van der Waals surface area contributed by atoms with E-state index in [1.165, 1.54) is 17.4 Å². The first kappa shape index (κ1) is 16.7. The van der Waals surface area contributed by atoms with Gasteiger partial charge in [0, 0.05) is 32.3 Å². The van der Waals surface area contributed by atoms with Gasteiger partial charge in [0.15, 0.2) is 5.13 Å². The average Bonchev–Trinajstić information content (AvgIpc) is 3.23. The molecule has 6 nitrogen and oxygen atoms in total. The number of hydrogen-bond donors (Lipinski definition) is 2. The molecule has 27 heavy (non-hydrogen) atoms. The largest absolute Gasteiger partial charge is 0.321 e. The summed E-state index contributed by atoms with van der Waals surface area (Å²) in [5, 5.41) is 4.34. The van der Waals surface area contributed by atoms with Crippen molar-refractivity contribution >= 4 is 48.9 Å². The van der Waals surface area contributed by atoms with Gasteiger partial charge < -0.3 is 5.32 Å². The summed E-state index contributed by atoms with van der Waals surface area (Å²) in [6, 6.07) is 8.29. The highest BCUT2D eigenvalue weighted by atomic mass is 32.2. The molecule has 0 atom stereocenters. The molecule has 1 aliphatic heterocycles. The number of benzene rings is 2. The number of fused-ring (bicyclic) bond motifs is 1. The van der Waals surface area contributed by atoms with Crippen LogP contribution in [0.3, 0.4) is 0 Å². The number of nitrogens with zero attached hydrogens (tertiary/aromatic N) is 1. The normalized spacial score (nSPS) is 17.2. The molecule has 0 fully saturated rings. The van der Waals surface area contributed by atoms with Crippen LogP contribution in [0.2, 0.25) is 0 Å². The van der Waals surface area contributed by atoms with Crippen molar-refractivity contribution in [1.82, 2.24) is 4.98 Å². The maximum atomic E-state index is 13.1. The van der Waals surface area contributed by atoms with E-state index in [1.54, 1.807) is 24.3 Å². The van der Waals surface area contributed by atoms with Crippen LogP contribution in [0, 0.1) is 0 Å². The molecule has 1 amide bonds. The molecule has 3 aromatic rings. The molecule has 2 aromatic carbocycles. The van der Waals surface area contributed by atoms with Gasteiger partial charge in [-0.25, -0.2) is 13.4 Å². The molecule has 1 aliphatic carbocycles. The van der Waals surface area contributed by atoms with Gasteiger partial charge in [0.25, 0.3) is 15.9 Å². The van der Waals surface area contributed by atoms with E-state index in [1.807, 2.05) is 0 Å². The summed E-state index contributed by atoms with van der Waals surface area (Å²) in [5.41, 5.74) is 2.10. The summed E-state index contributed by atoms with van der Waals surface area (Å²) < 4.78 is 28.8. The molecule has 0 saturated heterocycles. The third-order valence-electron chi connectivity index (χ3n) is 5.32. The topological polar surface area (TPSA) is 88.2 Å². The molecule has 0 radical (unpaired) electrons. The van der Waals surface area contributed by atoms with Gasteiger partial charge in [0.1, 0.15) is 0 Å². The first-order chi connectivity index (χ1) is 12.8. The molecule has 8 heteroatoms. The molecule has 0 unspecified atom stereocenters. The summed E-state index contributed by atoms with van der Waals surface area (Å²) in [4.78, 5) is 17.9. The minimum absolute atomic E-state index is 0.0243. The van der Waals surface area contributed by atoms with Gasteiger partial charge in [0.2, 0.25) is 0 Å². The van der Waals surface area contributed by atoms with Gasteiger partial charge >= 0.3 is 0 Å². The Balaban J connectivity index is 1.60. The summed E-state index contributed by atoms with van der Waals surface area (Å²) in [6.45, 7) is 4.26. The highest BCUT2D eigenvalue weighted by Gasteiger charge is 2.34. The molecule has 0 bridgehead atoms. The summed E-state index contributed by atoms with van der Waals surface area (Å²) in [6.07, 6.45) is 1.96. The predicted molar refractivity (Wildman–Crippen MR) is 106 cm³/mol. The van der Waals surface area contributed by atoms with Gasteiger partial charge in [-0.2, -0.15) is 0 Å². The van der Waals surface area contributed by atoms with Crippen molar-refractivity contribution in [3.63, 3.8) is 0 Å². The number of amides is 1. The minimum Gasteiger partial charge on any atom is -0.321 e. The number of hydrogen-bond acceptors (Lipinski definition) is 5. The van der Waals surface area contributed by atoms with Crippen LogP contribution >= 0.6 is 11.3 Å². The van der Waals surface area contributed by atoms with Crippen molar-refractivity contribution in [1.29, 1.82) is 0 Å². The van der Waals surface area contributed by atoms with E-state index < -0.39 is 10.0 Å². The minimum atomic E-state index is -3.83. The number of anilines is 2. The van der Waals surface area contributed by atoms with Crippen LogP contribution in [0.15, 0.2) is 35.2 Å². The Hall–Kier alpha value is -2.45. The van der Waals surface area contributed by atoms with Crippen LogP contribution in [0.4, 0.5) is 10.8 Å². The first-order valence-electron chi connectivity index (χ1n) is 8.66. The Kier molecular flexibility index (Phi) is 3.28. The Morgan fingerprint density at radius 2 is 2.04 bits per heavy atom. The summed E-state index contributed by atoms with van der Waals surface area (Å²) >= 11 is 1.40. The predicted octanol–water partition coefficient (Wildman–Crippen LogP) is 3.89. The molecule has 2 N–H and O–H groups in total. The zero-order chi connectivity index (χ0) is 19.0. The molecule has 0 saturated carbocycles. The smallest absolute Gasteiger partial charge is 0.264 e. The van der Waals surface area contributed by atoms with E-state index in [0.29, 0.717) is 27.2 Å². The van der Waals surface area contributed by atoms with Crippen molar-refractivity contribution in [3.8, 4) is 0 Å². The van der Waals surface area contributed by atoms with Crippen LogP contribution in [-0.2, 0) is 21.9 Å². The van der Waals surface area contributed by atoms with Crippen LogP contribution in [0.5, 0.6) is 0 Å². The van der Waals surface area contributed by atoms with Gasteiger partial charge in [-0.1, -0.05) is 26.0 Å². The zero-order valence-corrected chi connectivity index (χ0v) is 16.4. The molecule has 138 valence electrons. The second-order valence-corrected chi connectivity index (χ2v) is 10.3. The van der Waals surface area contributed by atoms with E-state index in [-0.39, 0.29) is 16.2 Å². The highest BCUT2D eigenvalue weighted by molar-refractivity contribution is 7.93. The number of nitrogens with one attached hydrogen (secondary N) is 2. The number of carbonyl (C=O) groups excluding carboxylic acids is 1. The Morgan fingerprint density at radius 3 is 2.81 bits per heavy atom. The first-order valence-corrected chi connectivity index (χ1v) is 11.0. The fraction of sp³-hybridized carbons (Fsp3) is 0.263. The number of sulfonamides is 1. The van der Waals surface area contributed by atoms with Crippen LogP contribution in [0.25, 0.3) is 10.8 Å². The fourth-order valence-electron chi connectivity index (χ4n) is 3.91. The van der Waals surface area contributed by atoms with Gasteiger partial charge in [0.05, 0.1) is 10.6 Å². The standard InChI is InChI=1S/C19H17N3O3S2/c1-19(2)9-8-13-16(19)21-18(26-13)22-27(24,25)14-7-6-12-15-10(14)4-3-5-11(15)17(23)20-12/h3-7H,8-9H2,1-2H3,(H,20,23)(H,21,22). The SMILES string of the molecule is CC1(C)CCc2sc(NS(=O)(=O)c3ccc4c5c(cccc35)C(=O)N4)nc21. The number of carbonyl (C=O) groups is 1. The summed E-state index contributed by atoms with van der Waals surface area (Å²) in [7, 11) is -3.83. The van der Waals surface area contributed by atoms with Crippen molar-refractivity contribution in [2.75, 3.05) is 10.0 Å². The summed E-state index contributed by atoms with van der Waals surface area (Å²) in [5.74, 6) is -0.211. The van der Waals surface area contributed by atoms with E-state index in [2.05, 4.69) is 28.9 Å². The van der Waals surface area contributed by atoms with Crippen LogP contribution < -0.4 is 10.0 Å². The number of thiazole rings is 1. The monoisotopic (exact) mass is 399 g/mol. The molecule has 2 aliphatic rings. The maximum absolute atomic E-state index is 13.1. The second-order valence-electron chi connectivity index (χ2n) is 7.57. The van der Waals surface area contributed by atoms with Gasteiger partial charge in [-0.15, -0.1) is 11.3 Å². The quantitative estimate of drug-likeness (QED) is 0.699. The van der Waals surface area contributed by atoms with Crippen molar-refractivity contribution in [2.24, 2.45) is 0 Å². The molecule has 0 spiro atoms. The fourth-order valence-corrected chi connectivity index (χ4v) is 6.49. The zero-order valence-electron chi connectivity index (χ0n) is 14.8. The number of aryl methyl sites for hydroxylation is 1. The van der Waals surface area contributed by atoms with Gasteiger partial charge in [-0.3, -0.25) is 9.52 Å². The van der Waals surface area contributed by atoms with E-state index in [0.717, 1.165) is 23.4 Å². The van der Waals surface area contributed by atoms with E-state index in [9.17, 15) is 13.2 Å². The van der Waals surface area contributed by atoms with E-state index >= 15 is 0 Å². The van der Waals surface area contributed by atoms with Crippen molar-refractivity contribution in [3.05, 3.63) is 46.5 Å². The van der Waals surface area contributed by atoms with Crippen LogP contribution in [0.1, 0.15) is 41.2 Å². The van der Waals surface area contributed by atoms with E-state index in [4.69, 9.17) is 0 Å². The molecule has 5 rings (SSSR count). The second kappa shape index (κ2) is 5.30. The Bertz CT molecular complexity index is 1240. The van der Waals surface area contributed by atoms with Crippen LogP contribution in [-0.4, -0.2) is 19.3 Å². The highest BCUT2D eigenvalue weighted by Crippen LogP contribution is 2.43. The lowest BCUT2D eigenvalue weighted by Gasteiger charge is -2.15. The third-order valence-corrected chi connectivity index (χ3v) is 7.88. The Morgan fingerprint density at radius 1 is 1.22 bits per heavy atom. The van der Waals surface area contributed by atoms with Crippen molar-refractivity contribution < 1.29 is 13.2 Å². The van der Waals surface area contributed by atoms with Crippen molar-refractivity contribution in [2.45, 2.75) is 37.0 Å². The lowest BCUT2D eigenvalue weighted by Crippen LogP contribution is -2.16. The average molecular weight is 399 g/mol. The number of aromatic nitrogens is 1. The maximum Gasteiger partial charge on any atom is 0.264 e. The van der Waals surface area contributed by atoms with Gasteiger partial charge in [-0.05, 0) is 31.0 Å². The third kappa shape index (κ3) is 2.40. The molecular weight excluding hydrogens is 382 g/mol. The molecular formula is C19H17N3O3S2. The Labute approximate surface area is 160 Å². The molecule has 2 heterocycles. The lowest BCUT2D eigenvalue weighted by atomic mass is 9.91. The molecule has 1 aromatic heterocycles. The lowest BCUT2D eigenvalue weighted by molar-refractivity contribution is 0.103. The number of rotatable bonds is 3.